The maximum absolute atomic E-state index is 13.0. The van der Waals surface area contributed by atoms with Crippen molar-refractivity contribution in [2.45, 2.75) is 17.8 Å². The van der Waals surface area contributed by atoms with Gasteiger partial charge in [0.05, 0.1) is 0 Å². The summed E-state index contributed by atoms with van der Waals surface area (Å²) in [7, 11) is 0. The largest absolute Gasteiger partial charge is 0.477 e. The highest BCUT2D eigenvalue weighted by atomic mass is 32.2. The van der Waals surface area contributed by atoms with Gasteiger partial charge in [0.25, 0.3) is 17.7 Å². The third-order valence-corrected chi connectivity index (χ3v) is 8.08. The van der Waals surface area contributed by atoms with Crippen molar-refractivity contribution in [3.8, 4) is 0 Å². The molecule has 190 valence electrons. The normalized spacial score (nSPS) is 22.8. The minimum absolute atomic E-state index is 0.0493. The number of anilines is 2. The van der Waals surface area contributed by atoms with Crippen molar-refractivity contribution in [1.29, 1.82) is 0 Å². The monoisotopic (exact) mass is 540 g/mol. The number of nitrogens with one attached hydrogen (secondary N) is 1. The average Bonchev–Trinajstić information content (AvgIpc) is 3.48. The summed E-state index contributed by atoms with van der Waals surface area (Å²) in [6, 6.07) is 8.14. The van der Waals surface area contributed by atoms with E-state index in [1.165, 1.54) is 17.1 Å². The lowest BCUT2D eigenvalue weighted by molar-refractivity contribution is -0.150. The van der Waals surface area contributed by atoms with E-state index in [9.17, 15) is 29.5 Å². The lowest BCUT2D eigenvalue weighted by Gasteiger charge is -2.49. The van der Waals surface area contributed by atoms with Crippen molar-refractivity contribution in [1.82, 2.24) is 15.2 Å². The standard InChI is InChI=1S/C23H20N6O6S2/c24-23-25-14(10-37-23)15(27-35)18(30)26-16-20(32)29-17(22(33)34)12(9-36-21(16)29)8-11-6-7-28(19(11)31)13-4-2-1-3-5-13/h1-5,8,10,16,21,35H,6-7,9H2,(H2,24,25)(H,26,30)(H,33,34)/b11-8+,27-15-/t16-,21-/m1/s1. The van der Waals surface area contributed by atoms with Crippen LogP contribution in [0.25, 0.3) is 0 Å². The number of thioether (sulfide) groups is 1. The molecule has 2 atom stereocenters. The number of β-lactam (4-membered cyclic amide) rings is 1. The summed E-state index contributed by atoms with van der Waals surface area (Å²) >= 11 is 2.31. The topological polar surface area (TPSA) is 179 Å². The smallest absolute Gasteiger partial charge is 0.352 e. The molecule has 12 nitrogen and oxygen atoms in total. The molecular formula is C23H20N6O6S2. The number of carbonyl (C=O) groups excluding carboxylic acids is 3. The minimum atomic E-state index is -1.31. The number of nitrogens with zero attached hydrogens (tertiary/aromatic N) is 4. The molecule has 5 N–H and O–H groups in total. The SMILES string of the molecule is Nc1nc(/C(=N/O)C(=O)N[C@@H]2C(=O)N3C(C(=O)O)=C(/C=C4\CCN(c5ccccc5)C4=O)CS[C@H]23)cs1. The second-order valence-corrected chi connectivity index (χ2v) is 10.3. The van der Waals surface area contributed by atoms with Gasteiger partial charge in [0.1, 0.15) is 22.8 Å². The summed E-state index contributed by atoms with van der Waals surface area (Å²) < 4.78 is 0. The molecule has 4 heterocycles. The van der Waals surface area contributed by atoms with Crippen LogP contribution in [-0.4, -0.2) is 73.3 Å². The number of carboxylic acids is 1. The lowest BCUT2D eigenvalue weighted by Crippen LogP contribution is -2.71. The zero-order valence-corrected chi connectivity index (χ0v) is 20.7. The van der Waals surface area contributed by atoms with E-state index in [0.29, 0.717) is 24.1 Å². The first-order valence-corrected chi connectivity index (χ1v) is 13.0. The van der Waals surface area contributed by atoms with E-state index in [1.54, 1.807) is 11.0 Å². The highest BCUT2D eigenvalue weighted by Crippen LogP contribution is 2.41. The van der Waals surface area contributed by atoms with E-state index < -0.39 is 34.9 Å². The number of nitrogens with two attached hydrogens (primary N) is 1. The van der Waals surface area contributed by atoms with Crippen LogP contribution in [0, 0.1) is 0 Å². The van der Waals surface area contributed by atoms with Crippen LogP contribution in [0.2, 0.25) is 0 Å². The number of amides is 3. The Hall–Kier alpha value is -4.17. The molecule has 3 aliphatic heterocycles. The van der Waals surface area contributed by atoms with Gasteiger partial charge < -0.3 is 26.3 Å². The van der Waals surface area contributed by atoms with Crippen molar-refractivity contribution in [2.24, 2.45) is 5.16 Å². The van der Waals surface area contributed by atoms with Crippen molar-refractivity contribution < 1.29 is 29.5 Å². The second kappa shape index (κ2) is 9.71. The number of para-hydroxylation sites is 1. The third-order valence-electron chi connectivity index (χ3n) is 6.11. The van der Waals surface area contributed by atoms with Crippen LogP contribution in [0.1, 0.15) is 12.1 Å². The molecule has 1 aromatic heterocycles. The van der Waals surface area contributed by atoms with Crippen LogP contribution < -0.4 is 16.0 Å². The number of fused-ring (bicyclic) bond motifs is 1. The van der Waals surface area contributed by atoms with Gasteiger partial charge in [0.2, 0.25) is 0 Å². The van der Waals surface area contributed by atoms with Gasteiger partial charge in [0, 0.05) is 28.9 Å². The van der Waals surface area contributed by atoms with Gasteiger partial charge in [-0.3, -0.25) is 19.3 Å². The van der Waals surface area contributed by atoms with Gasteiger partial charge >= 0.3 is 5.97 Å². The van der Waals surface area contributed by atoms with Crippen molar-refractivity contribution in [3.05, 3.63) is 64.3 Å². The molecule has 0 bridgehead atoms. The number of aromatic nitrogens is 1. The molecule has 0 saturated carbocycles. The van der Waals surface area contributed by atoms with Gasteiger partial charge in [-0.05, 0) is 30.2 Å². The molecule has 3 aliphatic rings. The van der Waals surface area contributed by atoms with Gasteiger partial charge in [-0.25, -0.2) is 9.78 Å². The number of allylic oxidation sites excluding steroid dienone is 1. The lowest BCUT2D eigenvalue weighted by atomic mass is 10.0. The first-order valence-electron chi connectivity index (χ1n) is 11.0. The molecule has 3 amide bonds. The first-order chi connectivity index (χ1) is 17.8. The number of nitrogen functional groups attached to an aromatic ring is 1. The van der Waals surface area contributed by atoms with Crippen LogP contribution >= 0.6 is 23.1 Å². The molecule has 2 fully saturated rings. The van der Waals surface area contributed by atoms with E-state index in [2.05, 4.69) is 15.5 Å². The van der Waals surface area contributed by atoms with Gasteiger partial charge in [-0.1, -0.05) is 23.4 Å². The Bertz CT molecular complexity index is 1400. The molecule has 0 unspecified atom stereocenters. The zero-order valence-electron chi connectivity index (χ0n) is 19.0. The quantitative estimate of drug-likeness (QED) is 0.137. The Balaban J connectivity index is 1.35. The predicted molar refractivity (Wildman–Crippen MR) is 136 cm³/mol. The zero-order chi connectivity index (χ0) is 26.3. The van der Waals surface area contributed by atoms with E-state index in [-0.39, 0.29) is 28.2 Å². The van der Waals surface area contributed by atoms with E-state index >= 15 is 0 Å². The Morgan fingerprint density at radius 1 is 1.24 bits per heavy atom. The summed E-state index contributed by atoms with van der Waals surface area (Å²) in [5, 5.41) is 25.6. The second-order valence-electron chi connectivity index (χ2n) is 8.27. The molecular weight excluding hydrogens is 520 g/mol. The first kappa shape index (κ1) is 24.5. The van der Waals surface area contributed by atoms with Crippen LogP contribution in [0.3, 0.4) is 0 Å². The third kappa shape index (κ3) is 4.34. The molecule has 0 spiro atoms. The summed E-state index contributed by atoms with van der Waals surface area (Å²) in [6.45, 7) is 0.469. The molecule has 2 saturated heterocycles. The Morgan fingerprint density at radius 2 is 2.00 bits per heavy atom. The van der Waals surface area contributed by atoms with Crippen molar-refractivity contribution >= 4 is 63.3 Å². The van der Waals surface area contributed by atoms with E-state index in [0.717, 1.165) is 21.9 Å². The molecule has 0 radical (unpaired) electrons. The molecule has 14 heteroatoms. The number of hydrogen-bond acceptors (Lipinski definition) is 10. The number of rotatable bonds is 6. The summed E-state index contributed by atoms with van der Waals surface area (Å²) in [5.74, 6) is -2.78. The Kier molecular flexibility index (Phi) is 6.43. The molecule has 0 aliphatic carbocycles. The van der Waals surface area contributed by atoms with Gasteiger partial charge in [-0.15, -0.1) is 23.1 Å². The van der Waals surface area contributed by atoms with Gasteiger partial charge in [-0.2, -0.15) is 0 Å². The number of benzene rings is 1. The average molecular weight is 541 g/mol. The number of carbonyl (C=O) groups is 4. The maximum Gasteiger partial charge on any atom is 0.352 e. The predicted octanol–water partition coefficient (Wildman–Crippen LogP) is 1.01. The minimum Gasteiger partial charge on any atom is -0.477 e. The molecule has 1 aromatic carbocycles. The number of oxime groups is 1. The van der Waals surface area contributed by atoms with Crippen LogP contribution in [0.5, 0.6) is 0 Å². The van der Waals surface area contributed by atoms with E-state index in [1.807, 2.05) is 30.3 Å². The number of aliphatic carboxylic acids is 1. The number of hydrogen-bond donors (Lipinski definition) is 4. The van der Waals surface area contributed by atoms with Crippen molar-refractivity contribution in [2.75, 3.05) is 22.9 Å². The maximum atomic E-state index is 13.0. The fraction of sp³-hybridized carbons (Fsp3) is 0.217. The van der Waals surface area contributed by atoms with Crippen LogP contribution in [0.15, 0.2) is 63.8 Å². The van der Waals surface area contributed by atoms with Crippen molar-refractivity contribution in [3.63, 3.8) is 0 Å². The summed E-state index contributed by atoms with van der Waals surface area (Å²) in [4.78, 5) is 57.4. The highest BCUT2D eigenvalue weighted by Gasteiger charge is 2.54. The summed E-state index contributed by atoms with van der Waals surface area (Å²) in [6.07, 6.45) is 2.00. The van der Waals surface area contributed by atoms with Gasteiger partial charge in [0.15, 0.2) is 10.8 Å². The molecule has 5 rings (SSSR count). The number of carboxylic acid groups (broad SMARTS) is 1. The number of thiazole rings is 1. The summed E-state index contributed by atoms with van der Waals surface area (Å²) in [5.41, 5.74) is 6.54. The van der Waals surface area contributed by atoms with Crippen LogP contribution in [0.4, 0.5) is 10.8 Å². The molecule has 37 heavy (non-hydrogen) atoms. The van der Waals surface area contributed by atoms with E-state index in [4.69, 9.17) is 5.73 Å². The fourth-order valence-electron chi connectivity index (χ4n) is 4.39. The molecule has 2 aromatic rings. The fourth-order valence-corrected chi connectivity index (χ4v) is 6.24. The Morgan fingerprint density at radius 3 is 2.65 bits per heavy atom. The Labute approximate surface area is 218 Å². The highest BCUT2D eigenvalue weighted by molar-refractivity contribution is 8.00. The van der Waals surface area contributed by atoms with Crippen LogP contribution in [-0.2, 0) is 19.2 Å².